The van der Waals surface area contributed by atoms with E-state index in [2.05, 4.69) is 21.9 Å². The Bertz CT molecular complexity index is 375. The fraction of sp³-hybridized carbons (Fsp3) is 0.571. The van der Waals surface area contributed by atoms with Gasteiger partial charge in [0.1, 0.15) is 0 Å². The van der Waals surface area contributed by atoms with Crippen LogP contribution in [0, 0.1) is 0 Å². The number of hydrogen-bond donors (Lipinski definition) is 2. The van der Waals surface area contributed by atoms with Crippen molar-refractivity contribution in [1.29, 1.82) is 0 Å². The van der Waals surface area contributed by atoms with Gasteiger partial charge in [0.05, 0.1) is 12.7 Å². The zero-order valence-corrected chi connectivity index (χ0v) is 11.5. The Morgan fingerprint density at radius 2 is 1.84 bits per heavy atom. The van der Waals surface area contributed by atoms with Crippen molar-refractivity contribution in [2.24, 2.45) is 0 Å². The molecule has 1 aliphatic rings. The first kappa shape index (κ1) is 14.1. The number of nitrogens with two attached hydrogens (primary N) is 1. The van der Waals surface area contributed by atoms with Crippen LogP contribution in [0.5, 0.6) is 0 Å². The molecular weight excluding hydrogens is 242 g/mol. The number of hydrogen-bond acceptors (Lipinski definition) is 5. The van der Waals surface area contributed by atoms with Gasteiger partial charge in [-0.25, -0.2) is 0 Å². The summed E-state index contributed by atoms with van der Waals surface area (Å²) in [6.07, 6.45) is -0.395. The summed E-state index contributed by atoms with van der Waals surface area (Å²) in [6, 6.07) is 7.99. The molecule has 5 nitrogen and oxygen atoms in total. The van der Waals surface area contributed by atoms with E-state index in [0.29, 0.717) is 13.2 Å². The van der Waals surface area contributed by atoms with E-state index in [-0.39, 0.29) is 0 Å². The van der Waals surface area contributed by atoms with E-state index in [0.717, 1.165) is 31.9 Å². The minimum atomic E-state index is -0.395. The van der Waals surface area contributed by atoms with Crippen molar-refractivity contribution in [3.8, 4) is 0 Å². The maximum atomic E-state index is 9.72. The Hall–Kier alpha value is -1.30. The number of ether oxygens (including phenoxy) is 1. The third-order valence-electron chi connectivity index (χ3n) is 3.46. The number of β-amino-alcohol motifs (C(OH)–C–C–N with tert-alkyl or cyclic N) is 1. The van der Waals surface area contributed by atoms with Crippen molar-refractivity contribution in [3.05, 3.63) is 24.3 Å². The van der Waals surface area contributed by atoms with Crippen LogP contribution >= 0.6 is 0 Å². The number of nitrogen functional groups attached to an aromatic ring is 1. The third-order valence-corrected chi connectivity index (χ3v) is 3.46. The number of anilines is 2. The highest BCUT2D eigenvalue weighted by Crippen LogP contribution is 2.18. The lowest BCUT2D eigenvalue weighted by Gasteiger charge is -2.36. The van der Waals surface area contributed by atoms with Gasteiger partial charge in [-0.1, -0.05) is 0 Å². The number of nitrogens with zero attached hydrogens (tertiary/aromatic N) is 2. The van der Waals surface area contributed by atoms with E-state index in [9.17, 15) is 5.11 Å². The van der Waals surface area contributed by atoms with Crippen LogP contribution in [-0.2, 0) is 4.74 Å². The molecule has 1 atom stereocenters. The normalized spacial score (nSPS) is 18.5. The number of aliphatic hydroxyl groups is 1. The van der Waals surface area contributed by atoms with Gasteiger partial charge in [0.25, 0.3) is 0 Å². The molecule has 1 aliphatic heterocycles. The lowest BCUT2D eigenvalue weighted by atomic mass is 10.2. The van der Waals surface area contributed by atoms with E-state index < -0.39 is 6.10 Å². The summed E-state index contributed by atoms with van der Waals surface area (Å²) in [6.45, 7) is 4.96. The van der Waals surface area contributed by atoms with Gasteiger partial charge in [-0.15, -0.1) is 0 Å². The Kier molecular flexibility index (Phi) is 5.01. The lowest BCUT2D eigenvalue weighted by Crippen LogP contribution is -2.49. The molecule has 0 spiro atoms. The molecule has 5 heteroatoms. The molecule has 0 saturated carbocycles. The predicted molar refractivity (Wildman–Crippen MR) is 77.4 cm³/mol. The van der Waals surface area contributed by atoms with Crippen LogP contribution in [0.1, 0.15) is 0 Å². The molecule has 1 aromatic rings. The van der Waals surface area contributed by atoms with Crippen LogP contribution in [0.4, 0.5) is 11.4 Å². The molecule has 3 N–H and O–H groups in total. The molecule has 0 aromatic heterocycles. The standard InChI is InChI=1S/C14H23N3O2/c1-19-11-14(18)10-16-6-8-17(9-7-16)13-4-2-12(15)3-5-13/h2-5,14,18H,6-11,15H2,1H3. The van der Waals surface area contributed by atoms with Crippen LogP contribution in [0.2, 0.25) is 0 Å². The molecular formula is C14H23N3O2. The van der Waals surface area contributed by atoms with Gasteiger partial charge in [0.15, 0.2) is 0 Å². The van der Waals surface area contributed by atoms with E-state index in [1.165, 1.54) is 5.69 Å². The zero-order chi connectivity index (χ0) is 13.7. The van der Waals surface area contributed by atoms with Gasteiger partial charge in [0, 0.05) is 51.2 Å². The van der Waals surface area contributed by atoms with E-state index in [1.807, 2.05) is 12.1 Å². The highest BCUT2D eigenvalue weighted by atomic mass is 16.5. The predicted octanol–water partition coefficient (Wildman–Crippen LogP) is 0.398. The van der Waals surface area contributed by atoms with Crippen LogP contribution in [0.25, 0.3) is 0 Å². The van der Waals surface area contributed by atoms with Crippen molar-refractivity contribution in [2.45, 2.75) is 6.10 Å². The van der Waals surface area contributed by atoms with Crippen LogP contribution in [0.15, 0.2) is 24.3 Å². The molecule has 2 rings (SSSR count). The van der Waals surface area contributed by atoms with Gasteiger partial charge in [-0.3, -0.25) is 4.90 Å². The summed E-state index contributed by atoms with van der Waals surface area (Å²) < 4.78 is 4.95. The number of rotatable bonds is 5. The van der Waals surface area contributed by atoms with Crippen molar-refractivity contribution in [1.82, 2.24) is 4.90 Å². The Labute approximate surface area is 114 Å². The highest BCUT2D eigenvalue weighted by Gasteiger charge is 2.19. The molecule has 0 bridgehead atoms. The van der Waals surface area contributed by atoms with Crippen molar-refractivity contribution in [2.75, 3.05) is 57.1 Å². The number of aliphatic hydroxyl groups excluding tert-OH is 1. The van der Waals surface area contributed by atoms with Crippen molar-refractivity contribution >= 4 is 11.4 Å². The summed E-state index contributed by atoms with van der Waals surface area (Å²) in [5.41, 5.74) is 7.71. The second-order valence-corrected chi connectivity index (χ2v) is 4.99. The first-order valence-corrected chi connectivity index (χ1v) is 6.69. The van der Waals surface area contributed by atoms with Crippen molar-refractivity contribution < 1.29 is 9.84 Å². The van der Waals surface area contributed by atoms with E-state index in [4.69, 9.17) is 10.5 Å². The molecule has 1 aromatic carbocycles. The molecule has 0 amide bonds. The van der Waals surface area contributed by atoms with Gasteiger partial charge in [-0.05, 0) is 24.3 Å². The summed E-state index contributed by atoms with van der Waals surface area (Å²) in [5, 5.41) is 9.72. The zero-order valence-electron chi connectivity index (χ0n) is 11.5. The minimum absolute atomic E-state index is 0.395. The first-order valence-electron chi connectivity index (χ1n) is 6.69. The van der Waals surface area contributed by atoms with Crippen LogP contribution in [-0.4, -0.2) is 62.6 Å². The maximum Gasteiger partial charge on any atom is 0.0900 e. The van der Waals surface area contributed by atoms with Gasteiger partial charge in [0.2, 0.25) is 0 Å². The highest BCUT2D eigenvalue weighted by molar-refractivity contribution is 5.53. The SMILES string of the molecule is COCC(O)CN1CCN(c2ccc(N)cc2)CC1. The number of benzene rings is 1. The summed E-state index contributed by atoms with van der Waals surface area (Å²) in [5.74, 6) is 0. The Morgan fingerprint density at radius 3 is 2.42 bits per heavy atom. The molecule has 1 saturated heterocycles. The topological polar surface area (TPSA) is 62.0 Å². The average molecular weight is 265 g/mol. The second kappa shape index (κ2) is 6.75. The molecule has 1 fully saturated rings. The fourth-order valence-electron chi connectivity index (χ4n) is 2.42. The molecule has 1 heterocycles. The third kappa shape index (κ3) is 4.09. The average Bonchev–Trinajstić information content (AvgIpc) is 2.41. The lowest BCUT2D eigenvalue weighted by molar-refractivity contribution is 0.0365. The summed E-state index contributed by atoms with van der Waals surface area (Å²) in [4.78, 5) is 4.62. The summed E-state index contributed by atoms with van der Waals surface area (Å²) >= 11 is 0. The number of piperazine rings is 1. The molecule has 0 aliphatic carbocycles. The Balaban J connectivity index is 1.80. The quantitative estimate of drug-likeness (QED) is 0.755. The van der Waals surface area contributed by atoms with E-state index in [1.54, 1.807) is 7.11 Å². The summed E-state index contributed by atoms with van der Waals surface area (Å²) in [7, 11) is 1.61. The van der Waals surface area contributed by atoms with Gasteiger partial charge in [-0.2, -0.15) is 0 Å². The van der Waals surface area contributed by atoms with Crippen LogP contribution in [0.3, 0.4) is 0 Å². The number of methoxy groups -OCH3 is 1. The van der Waals surface area contributed by atoms with Crippen molar-refractivity contribution in [3.63, 3.8) is 0 Å². The molecule has 19 heavy (non-hydrogen) atoms. The first-order chi connectivity index (χ1) is 9.19. The molecule has 106 valence electrons. The maximum absolute atomic E-state index is 9.72. The van der Waals surface area contributed by atoms with Gasteiger partial charge >= 0.3 is 0 Å². The molecule has 0 radical (unpaired) electrons. The minimum Gasteiger partial charge on any atom is -0.399 e. The fourth-order valence-corrected chi connectivity index (χ4v) is 2.42. The molecule has 1 unspecified atom stereocenters. The largest absolute Gasteiger partial charge is 0.399 e. The van der Waals surface area contributed by atoms with Crippen LogP contribution < -0.4 is 10.6 Å². The second-order valence-electron chi connectivity index (χ2n) is 4.99. The Morgan fingerprint density at radius 1 is 1.21 bits per heavy atom. The monoisotopic (exact) mass is 265 g/mol. The van der Waals surface area contributed by atoms with Gasteiger partial charge < -0.3 is 20.5 Å². The smallest absolute Gasteiger partial charge is 0.0900 e. The van der Waals surface area contributed by atoms with E-state index >= 15 is 0 Å².